The fraction of sp³-hybridized carbons (Fsp3) is 0.545. The van der Waals surface area contributed by atoms with Gasteiger partial charge in [0.25, 0.3) is 0 Å². The molecular formula is C11H18NO2P. The van der Waals surface area contributed by atoms with E-state index in [1.807, 2.05) is 37.6 Å². The molecule has 1 atom stereocenters. The molecule has 0 amide bonds. The molecule has 0 aromatic rings. The van der Waals surface area contributed by atoms with Gasteiger partial charge in [0.15, 0.2) is 0 Å². The first-order valence-corrected chi connectivity index (χ1v) is 6.90. The van der Waals surface area contributed by atoms with Gasteiger partial charge in [0, 0.05) is 13.1 Å². The molecule has 0 saturated heterocycles. The summed E-state index contributed by atoms with van der Waals surface area (Å²) >= 11 is 0. The zero-order valence-electron chi connectivity index (χ0n) is 9.56. The van der Waals surface area contributed by atoms with Crippen LogP contribution in [0.5, 0.6) is 0 Å². The van der Waals surface area contributed by atoms with Crippen molar-refractivity contribution >= 4 is 7.52 Å². The fourth-order valence-corrected chi connectivity index (χ4v) is 3.79. The highest BCUT2D eigenvalue weighted by molar-refractivity contribution is 7.61. The second-order valence-electron chi connectivity index (χ2n) is 3.13. The van der Waals surface area contributed by atoms with Crippen molar-refractivity contribution in [3.63, 3.8) is 0 Å². The number of rotatable bonds is 6. The zero-order chi connectivity index (χ0) is 11.3. The summed E-state index contributed by atoms with van der Waals surface area (Å²) in [5.74, 6) is 0. The Morgan fingerprint density at radius 1 is 1.40 bits per heavy atom. The molecule has 0 aliphatic heterocycles. The number of nitrogens with zero attached hydrogens (tertiary/aromatic N) is 1. The van der Waals surface area contributed by atoms with Gasteiger partial charge in [-0.2, -0.15) is 0 Å². The maximum Gasteiger partial charge on any atom is 0.309 e. The van der Waals surface area contributed by atoms with E-state index in [-0.39, 0.29) is 0 Å². The third-order valence-electron chi connectivity index (χ3n) is 2.29. The maximum atomic E-state index is 12.7. The Morgan fingerprint density at radius 3 is 2.47 bits per heavy atom. The normalized spacial score (nSPS) is 18.3. The molecule has 3 nitrogen and oxygen atoms in total. The van der Waals surface area contributed by atoms with Gasteiger partial charge in [0.2, 0.25) is 0 Å². The van der Waals surface area contributed by atoms with Crippen molar-refractivity contribution in [1.29, 1.82) is 0 Å². The van der Waals surface area contributed by atoms with Crippen molar-refractivity contribution in [3.05, 3.63) is 29.3 Å². The molecule has 1 aliphatic rings. The van der Waals surface area contributed by atoms with Gasteiger partial charge in [-0.3, -0.25) is 4.57 Å². The van der Waals surface area contributed by atoms with E-state index in [1.54, 1.807) is 6.08 Å². The summed E-state index contributed by atoms with van der Waals surface area (Å²) in [5.41, 5.74) is 2.98. The molecule has 0 aromatic heterocycles. The molecule has 1 aliphatic carbocycles. The SMILES string of the molecule is CCOP(=O)(C1=C=CC=C1)N(CC)CC. The van der Waals surface area contributed by atoms with E-state index in [2.05, 4.69) is 5.73 Å². The molecule has 1 unspecified atom stereocenters. The Kier molecular flexibility index (Phi) is 4.56. The lowest BCUT2D eigenvalue weighted by atomic mass is 10.6. The molecule has 1 rings (SSSR count). The van der Waals surface area contributed by atoms with Gasteiger partial charge in [0.05, 0.1) is 11.9 Å². The molecule has 0 heterocycles. The highest BCUT2D eigenvalue weighted by atomic mass is 31.2. The fourth-order valence-electron chi connectivity index (χ4n) is 1.57. The van der Waals surface area contributed by atoms with Gasteiger partial charge in [0.1, 0.15) is 0 Å². The van der Waals surface area contributed by atoms with Crippen molar-refractivity contribution in [3.8, 4) is 0 Å². The highest BCUT2D eigenvalue weighted by Crippen LogP contribution is 2.58. The first-order valence-electron chi connectivity index (χ1n) is 5.33. The van der Waals surface area contributed by atoms with Gasteiger partial charge >= 0.3 is 7.52 Å². The minimum atomic E-state index is -2.86. The second kappa shape index (κ2) is 5.48. The Balaban J connectivity index is 3.02. The smallest absolute Gasteiger partial charge is 0.309 e. The monoisotopic (exact) mass is 227 g/mol. The molecule has 15 heavy (non-hydrogen) atoms. The quantitative estimate of drug-likeness (QED) is 0.515. The van der Waals surface area contributed by atoms with Crippen LogP contribution < -0.4 is 0 Å². The van der Waals surface area contributed by atoms with Crippen LogP contribution in [0, 0.1) is 0 Å². The molecule has 0 N–H and O–H groups in total. The predicted molar refractivity (Wildman–Crippen MR) is 62.9 cm³/mol. The minimum Gasteiger partial charge on any atom is -0.314 e. The summed E-state index contributed by atoms with van der Waals surface area (Å²) in [5, 5.41) is 0.674. The summed E-state index contributed by atoms with van der Waals surface area (Å²) in [7, 11) is -2.86. The van der Waals surface area contributed by atoms with Crippen LogP contribution >= 0.6 is 7.52 Å². The second-order valence-corrected chi connectivity index (χ2v) is 5.48. The van der Waals surface area contributed by atoms with E-state index in [4.69, 9.17) is 4.52 Å². The molecule has 0 bridgehead atoms. The van der Waals surface area contributed by atoms with Gasteiger partial charge < -0.3 is 4.52 Å². The van der Waals surface area contributed by atoms with E-state index < -0.39 is 7.52 Å². The topological polar surface area (TPSA) is 29.5 Å². The van der Waals surface area contributed by atoms with E-state index in [1.165, 1.54) is 0 Å². The van der Waals surface area contributed by atoms with Crippen LogP contribution in [0.15, 0.2) is 29.3 Å². The molecule has 0 saturated carbocycles. The molecule has 0 radical (unpaired) electrons. The summed E-state index contributed by atoms with van der Waals surface area (Å²) in [4.78, 5) is 0. The van der Waals surface area contributed by atoms with Crippen molar-refractivity contribution < 1.29 is 9.09 Å². The van der Waals surface area contributed by atoms with Gasteiger partial charge in [-0.15, -0.1) is 5.73 Å². The zero-order valence-corrected chi connectivity index (χ0v) is 10.5. The number of allylic oxidation sites excluding steroid dienone is 3. The highest BCUT2D eigenvalue weighted by Gasteiger charge is 2.33. The first-order chi connectivity index (χ1) is 7.19. The summed E-state index contributed by atoms with van der Waals surface area (Å²) in [6.07, 6.45) is 5.42. The van der Waals surface area contributed by atoms with E-state index in [0.717, 1.165) is 0 Å². The van der Waals surface area contributed by atoms with Crippen LogP contribution in [0.2, 0.25) is 0 Å². The van der Waals surface area contributed by atoms with Crippen LogP contribution in [0.25, 0.3) is 0 Å². The van der Waals surface area contributed by atoms with Crippen LogP contribution in [0.1, 0.15) is 20.8 Å². The maximum absolute atomic E-state index is 12.7. The lowest BCUT2D eigenvalue weighted by molar-refractivity contribution is 0.285. The molecule has 0 spiro atoms. The van der Waals surface area contributed by atoms with Gasteiger partial charge in [-0.1, -0.05) is 19.9 Å². The van der Waals surface area contributed by atoms with Gasteiger partial charge in [-0.05, 0) is 19.1 Å². The summed E-state index contributed by atoms with van der Waals surface area (Å²) < 4.78 is 20.0. The van der Waals surface area contributed by atoms with E-state index in [0.29, 0.717) is 25.0 Å². The average molecular weight is 227 g/mol. The van der Waals surface area contributed by atoms with Crippen LogP contribution in [-0.2, 0) is 9.09 Å². The third kappa shape index (κ3) is 2.50. The Bertz CT molecular complexity index is 350. The minimum absolute atomic E-state index is 0.451. The standard InChI is InChI=1S/C11H18NO2P/c1-4-12(5-2)15(13,14-6-3)11-9-7-8-10-11/h7-9H,4-6H2,1-3H3. The average Bonchev–Trinajstić information content (AvgIpc) is 2.73. The summed E-state index contributed by atoms with van der Waals surface area (Å²) in [6.45, 7) is 7.71. The first kappa shape index (κ1) is 12.5. The summed E-state index contributed by atoms with van der Waals surface area (Å²) in [6, 6.07) is 0. The van der Waals surface area contributed by atoms with E-state index in [9.17, 15) is 4.57 Å². The molecule has 4 heteroatoms. The van der Waals surface area contributed by atoms with Crippen LogP contribution in [0.3, 0.4) is 0 Å². The molecule has 84 valence electrons. The Hall–Kier alpha value is -0.590. The Morgan fingerprint density at radius 2 is 2.07 bits per heavy atom. The molecular weight excluding hydrogens is 209 g/mol. The van der Waals surface area contributed by atoms with Crippen LogP contribution in [-0.4, -0.2) is 24.4 Å². The molecule has 0 fully saturated rings. The molecule has 0 aromatic carbocycles. The van der Waals surface area contributed by atoms with Crippen molar-refractivity contribution in [1.82, 2.24) is 4.67 Å². The largest absolute Gasteiger partial charge is 0.314 e. The lowest BCUT2D eigenvalue weighted by Crippen LogP contribution is -2.21. The van der Waals surface area contributed by atoms with E-state index >= 15 is 0 Å². The van der Waals surface area contributed by atoms with Crippen molar-refractivity contribution in [2.24, 2.45) is 0 Å². The van der Waals surface area contributed by atoms with Crippen molar-refractivity contribution in [2.75, 3.05) is 19.7 Å². The lowest BCUT2D eigenvalue weighted by Gasteiger charge is -2.28. The Labute approximate surface area is 91.6 Å². The number of hydrogen-bond donors (Lipinski definition) is 0. The predicted octanol–water partition coefficient (Wildman–Crippen LogP) is 3.17. The van der Waals surface area contributed by atoms with Gasteiger partial charge in [-0.25, -0.2) is 4.67 Å². The number of hydrogen-bond acceptors (Lipinski definition) is 2. The van der Waals surface area contributed by atoms with Crippen molar-refractivity contribution in [2.45, 2.75) is 20.8 Å². The third-order valence-corrected chi connectivity index (χ3v) is 5.10. The van der Waals surface area contributed by atoms with Crippen LogP contribution in [0.4, 0.5) is 0 Å².